The second-order valence-corrected chi connectivity index (χ2v) is 9.24. The highest BCUT2D eigenvalue weighted by atomic mass is 35.5. The maximum atomic E-state index is 12.3. The Morgan fingerprint density at radius 3 is 2.66 bits per heavy atom. The van der Waals surface area contributed by atoms with Gasteiger partial charge in [0.1, 0.15) is 5.01 Å². The smallest absolute Gasteiger partial charge is 0.303 e. The summed E-state index contributed by atoms with van der Waals surface area (Å²) in [6.45, 7) is 1.47. The second-order valence-electron chi connectivity index (χ2n) is 6.94. The number of allylic oxidation sites excluding steroid dienone is 1. The summed E-state index contributed by atoms with van der Waals surface area (Å²) >= 11 is 8.94. The number of hydrogen-bond acceptors (Lipinski definition) is 6. The van der Waals surface area contributed by atoms with Crippen LogP contribution in [0.4, 0.5) is 10.8 Å². The van der Waals surface area contributed by atoms with Crippen molar-refractivity contribution in [3.05, 3.63) is 69.6 Å². The average molecular weight is 484 g/mol. The van der Waals surface area contributed by atoms with Gasteiger partial charge in [-0.25, -0.2) is 9.97 Å². The highest BCUT2D eigenvalue weighted by Gasteiger charge is 2.19. The SMILES string of the molecule is CC(=O)N(c1cccc(Cl)c1)c1nc(/C=C(\CCC(=O)O)c2nc3ccccc3s2)cs1. The molecular formula is C23H18ClN3O3S2. The van der Waals surface area contributed by atoms with Gasteiger partial charge >= 0.3 is 5.97 Å². The van der Waals surface area contributed by atoms with Crippen LogP contribution in [0.2, 0.25) is 5.02 Å². The molecule has 2 aromatic carbocycles. The topological polar surface area (TPSA) is 83.4 Å². The first-order valence-electron chi connectivity index (χ1n) is 9.71. The molecule has 0 aliphatic heterocycles. The van der Waals surface area contributed by atoms with E-state index >= 15 is 0 Å². The van der Waals surface area contributed by atoms with Crippen molar-refractivity contribution in [3.63, 3.8) is 0 Å². The molecule has 2 heterocycles. The van der Waals surface area contributed by atoms with Crippen molar-refractivity contribution in [2.24, 2.45) is 0 Å². The van der Waals surface area contributed by atoms with E-state index in [1.165, 1.54) is 34.5 Å². The minimum Gasteiger partial charge on any atom is -0.481 e. The number of para-hydroxylation sites is 1. The molecule has 0 spiro atoms. The first-order chi connectivity index (χ1) is 15.4. The number of anilines is 2. The molecule has 1 N–H and O–H groups in total. The van der Waals surface area contributed by atoms with Gasteiger partial charge in [0.2, 0.25) is 5.91 Å². The van der Waals surface area contributed by atoms with Gasteiger partial charge in [-0.15, -0.1) is 22.7 Å². The highest BCUT2D eigenvalue weighted by Crippen LogP contribution is 2.34. The Hall–Kier alpha value is -3.07. The number of benzene rings is 2. The van der Waals surface area contributed by atoms with Crippen LogP contribution in [-0.2, 0) is 9.59 Å². The van der Waals surface area contributed by atoms with E-state index in [4.69, 9.17) is 11.6 Å². The van der Waals surface area contributed by atoms with E-state index in [0.29, 0.717) is 28.0 Å². The van der Waals surface area contributed by atoms with Crippen molar-refractivity contribution in [2.45, 2.75) is 19.8 Å². The minimum absolute atomic E-state index is 0.0131. The molecule has 0 radical (unpaired) electrons. The Kier molecular flexibility index (Phi) is 6.64. The van der Waals surface area contributed by atoms with Crippen LogP contribution in [0.15, 0.2) is 53.9 Å². The van der Waals surface area contributed by atoms with Crippen LogP contribution in [0.3, 0.4) is 0 Å². The van der Waals surface area contributed by atoms with Gasteiger partial charge in [0.25, 0.3) is 0 Å². The maximum Gasteiger partial charge on any atom is 0.303 e. The number of amides is 1. The summed E-state index contributed by atoms with van der Waals surface area (Å²) in [6.07, 6.45) is 2.16. The van der Waals surface area contributed by atoms with Crippen LogP contribution >= 0.6 is 34.3 Å². The first-order valence-corrected chi connectivity index (χ1v) is 11.8. The van der Waals surface area contributed by atoms with Crippen LogP contribution < -0.4 is 4.90 Å². The number of carbonyl (C=O) groups is 2. The van der Waals surface area contributed by atoms with Gasteiger partial charge in [-0.3, -0.25) is 14.5 Å². The van der Waals surface area contributed by atoms with Crippen molar-refractivity contribution in [2.75, 3.05) is 4.90 Å². The van der Waals surface area contributed by atoms with E-state index in [9.17, 15) is 14.7 Å². The average Bonchev–Trinajstić information content (AvgIpc) is 3.37. The Morgan fingerprint density at radius 1 is 1.12 bits per heavy atom. The zero-order valence-electron chi connectivity index (χ0n) is 17.0. The molecule has 0 saturated carbocycles. The quantitative estimate of drug-likeness (QED) is 0.324. The standard InChI is InChI=1S/C23H18ClN3O3S2/c1-14(28)27(18-6-4-5-16(24)12-18)23-25-17(13-31-23)11-15(9-10-21(29)30)22-26-19-7-2-3-8-20(19)32-22/h2-8,11-13H,9-10H2,1H3,(H,29,30)/b15-11+. The van der Waals surface area contributed by atoms with Gasteiger partial charge in [0.15, 0.2) is 5.13 Å². The fourth-order valence-corrected chi connectivity index (χ4v) is 5.20. The summed E-state index contributed by atoms with van der Waals surface area (Å²) in [5.74, 6) is -1.06. The number of fused-ring (bicyclic) bond motifs is 1. The van der Waals surface area contributed by atoms with Crippen LogP contribution in [0, 0.1) is 0 Å². The molecule has 0 bridgehead atoms. The van der Waals surface area contributed by atoms with Crippen molar-refractivity contribution in [3.8, 4) is 0 Å². The molecular weight excluding hydrogens is 466 g/mol. The number of aliphatic carboxylic acids is 1. The predicted molar refractivity (Wildman–Crippen MR) is 131 cm³/mol. The number of rotatable bonds is 7. The predicted octanol–water partition coefficient (Wildman–Crippen LogP) is 6.50. The molecule has 0 fully saturated rings. The normalized spacial score (nSPS) is 11.6. The Labute approximate surface area is 197 Å². The lowest BCUT2D eigenvalue weighted by atomic mass is 10.1. The van der Waals surface area contributed by atoms with Crippen molar-refractivity contribution < 1.29 is 14.7 Å². The summed E-state index contributed by atoms with van der Waals surface area (Å²) in [5.41, 5.74) is 2.93. The van der Waals surface area contributed by atoms with Gasteiger partial charge in [0.05, 0.1) is 21.6 Å². The number of carbonyl (C=O) groups excluding carboxylic acids is 1. The molecule has 0 atom stereocenters. The molecule has 9 heteroatoms. The summed E-state index contributed by atoms with van der Waals surface area (Å²) in [4.78, 5) is 34.3. The number of carboxylic acid groups (broad SMARTS) is 1. The molecule has 162 valence electrons. The van der Waals surface area contributed by atoms with Crippen LogP contribution in [-0.4, -0.2) is 27.0 Å². The van der Waals surface area contributed by atoms with Crippen LogP contribution in [0.25, 0.3) is 21.9 Å². The van der Waals surface area contributed by atoms with E-state index in [2.05, 4.69) is 9.97 Å². The lowest BCUT2D eigenvalue weighted by Gasteiger charge is -2.18. The van der Waals surface area contributed by atoms with E-state index in [0.717, 1.165) is 20.8 Å². The molecule has 2 aromatic heterocycles. The summed E-state index contributed by atoms with van der Waals surface area (Å²) in [7, 11) is 0. The number of thiazole rings is 2. The summed E-state index contributed by atoms with van der Waals surface area (Å²) in [6, 6.07) is 14.8. The third-order valence-electron chi connectivity index (χ3n) is 4.58. The van der Waals surface area contributed by atoms with Crippen molar-refractivity contribution in [1.82, 2.24) is 9.97 Å². The van der Waals surface area contributed by atoms with E-state index < -0.39 is 5.97 Å². The highest BCUT2D eigenvalue weighted by molar-refractivity contribution is 7.19. The number of carboxylic acids is 1. The molecule has 4 aromatic rings. The third kappa shape index (κ3) is 5.04. The molecule has 1 amide bonds. The number of nitrogens with zero attached hydrogens (tertiary/aromatic N) is 3. The Bertz CT molecular complexity index is 1300. The summed E-state index contributed by atoms with van der Waals surface area (Å²) < 4.78 is 1.03. The number of aromatic nitrogens is 2. The number of hydrogen-bond donors (Lipinski definition) is 1. The molecule has 0 unspecified atom stereocenters. The molecule has 4 rings (SSSR count). The van der Waals surface area contributed by atoms with E-state index in [1.54, 1.807) is 24.3 Å². The third-order valence-corrected chi connectivity index (χ3v) is 6.77. The number of halogens is 1. The Morgan fingerprint density at radius 2 is 1.94 bits per heavy atom. The van der Waals surface area contributed by atoms with Gasteiger partial charge in [0, 0.05) is 23.7 Å². The van der Waals surface area contributed by atoms with Crippen LogP contribution in [0.5, 0.6) is 0 Å². The molecule has 32 heavy (non-hydrogen) atoms. The zero-order valence-corrected chi connectivity index (χ0v) is 19.4. The second kappa shape index (κ2) is 9.60. The van der Waals surface area contributed by atoms with Crippen molar-refractivity contribution >= 4 is 78.8 Å². The maximum absolute atomic E-state index is 12.3. The zero-order chi connectivity index (χ0) is 22.7. The van der Waals surface area contributed by atoms with Gasteiger partial charge in [-0.2, -0.15) is 0 Å². The largest absolute Gasteiger partial charge is 0.481 e. The van der Waals surface area contributed by atoms with E-state index in [-0.39, 0.29) is 12.3 Å². The first kappa shape index (κ1) is 22.1. The lowest BCUT2D eigenvalue weighted by molar-refractivity contribution is -0.136. The van der Waals surface area contributed by atoms with E-state index in [1.807, 2.05) is 35.7 Å². The molecule has 6 nitrogen and oxygen atoms in total. The fourth-order valence-electron chi connectivity index (χ4n) is 3.16. The molecule has 0 saturated heterocycles. The van der Waals surface area contributed by atoms with Gasteiger partial charge in [-0.05, 0) is 48.4 Å². The molecule has 0 aliphatic carbocycles. The van der Waals surface area contributed by atoms with Crippen LogP contribution in [0.1, 0.15) is 30.5 Å². The summed E-state index contributed by atoms with van der Waals surface area (Å²) in [5, 5.41) is 12.8. The monoisotopic (exact) mass is 483 g/mol. The van der Waals surface area contributed by atoms with Gasteiger partial charge in [-0.1, -0.05) is 29.8 Å². The minimum atomic E-state index is -0.875. The fraction of sp³-hybridized carbons (Fsp3) is 0.130. The van der Waals surface area contributed by atoms with Crippen molar-refractivity contribution in [1.29, 1.82) is 0 Å². The van der Waals surface area contributed by atoms with Gasteiger partial charge < -0.3 is 5.11 Å². The molecule has 0 aliphatic rings. The lowest BCUT2D eigenvalue weighted by Crippen LogP contribution is -2.22. The Balaban J connectivity index is 1.70.